The fourth-order valence-electron chi connectivity index (χ4n) is 3.69. The molecule has 0 aliphatic heterocycles. The van der Waals surface area contributed by atoms with Gasteiger partial charge in [0.15, 0.2) is 5.82 Å². The fourth-order valence-corrected chi connectivity index (χ4v) is 3.69. The molecule has 9 nitrogen and oxygen atoms in total. The van der Waals surface area contributed by atoms with Crippen LogP contribution in [0.4, 0.5) is 13.2 Å². The van der Waals surface area contributed by atoms with Gasteiger partial charge in [0.2, 0.25) is 5.82 Å². The second kappa shape index (κ2) is 9.72. The summed E-state index contributed by atoms with van der Waals surface area (Å²) in [4.78, 5) is 16.7. The molecule has 2 aromatic heterocycles. The minimum Gasteiger partial charge on any atom is -0.507 e. The molecular weight excluding hydrogens is 477 g/mol. The summed E-state index contributed by atoms with van der Waals surface area (Å²) in [5.74, 6) is -1.08. The third kappa shape index (κ3) is 5.02. The van der Waals surface area contributed by atoms with E-state index in [1.165, 1.54) is 17.7 Å². The van der Waals surface area contributed by atoms with Crippen molar-refractivity contribution >= 4 is 5.91 Å². The molecule has 0 bridgehead atoms. The Hall–Kier alpha value is -4.35. The third-order valence-electron chi connectivity index (χ3n) is 5.44. The van der Waals surface area contributed by atoms with Crippen LogP contribution in [0.25, 0.3) is 22.8 Å². The molecule has 4 aromatic rings. The van der Waals surface area contributed by atoms with E-state index >= 15 is 0 Å². The number of ether oxygens (including phenoxy) is 1. The van der Waals surface area contributed by atoms with Crippen LogP contribution in [0.15, 0.2) is 55.1 Å². The number of benzene rings is 2. The van der Waals surface area contributed by atoms with Crippen LogP contribution in [-0.4, -0.2) is 55.2 Å². The van der Waals surface area contributed by atoms with Crippen molar-refractivity contribution in [2.75, 3.05) is 13.7 Å². The van der Waals surface area contributed by atoms with Gasteiger partial charge < -0.3 is 19.7 Å². The number of alkyl halides is 3. The van der Waals surface area contributed by atoms with Gasteiger partial charge in [0.25, 0.3) is 5.91 Å². The number of halogens is 3. The number of carbonyl (C=O) groups is 1. The van der Waals surface area contributed by atoms with Gasteiger partial charge >= 0.3 is 6.18 Å². The van der Waals surface area contributed by atoms with Crippen LogP contribution in [0.5, 0.6) is 11.5 Å². The average Bonchev–Trinajstić information content (AvgIpc) is 3.52. The maximum Gasteiger partial charge on any atom is 0.405 e. The molecule has 0 aliphatic rings. The number of phenolic OH excluding ortho intramolecular Hbond substituents is 1. The van der Waals surface area contributed by atoms with E-state index in [9.17, 15) is 23.1 Å². The lowest BCUT2D eigenvalue weighted by molar-refractivity contribution is -0.123. The van der Waals surface area contributed by atoms with E-state index in [-0.39, 0.29) is 28.9 Å². The third-order valence-corrected chi connectivity index (χ3v) is 5.44. The van der Waals surface area contributed by atoms with Crippen molar-refractivity contribution in [1.29, 1.82) is 0 Å². The summed E-state index contributed by atoms with van der Waals surface area (Å²) in [6.45, 7) is 2.35. The van der Waals surface area contributed by atoms with Gasteiger partial charge in [-0.2, -0.15) is 13.2 Å². The second-order valence-corrected chi connectivity index (χ2v) is 8.23. The first-order chi connectivity index (χ1) is 17.1. The molecule has 1 amide bonds. The molecular formula is C24H23F3N6O3. The summed E-state index contributed by atoms with van der Waals surface area (Å²) in [6, 6.07) is 9.89. The van der Waals surface area contributed by atoms with E-state index in [0.717, 1.165) is 11.3 Å². The molecule has 2 heterocycles. The Morgan fingerprint density at radius 2 is 1.83 bits per heavy atom. The summed E-state index contributed by atoms with van der Waals surface area (Å²) in [7, 11) is 1.48. The monoisotopic (exact) mass is 500 g/mol. The van der Waals surface area contributed by atoms with E-state index in [1.54, 1.807) is 53.6 Å². The van der Waals surface area contributed by atoms with Crippen LogP contribution in [0, 0.1) is 0 Å². The number of phenols is 1. The van der Waals surface area contributed by atoms with E-state index < -0.39 is 18.6 Å². The lowest BCUT2D eigenvalue weighted by Gasteiger charge is -2.16. The SMILES string of the molecule is COc1cc(O)c(-c2nnc(C(=O)NCC(F)(F)F)n2-c2ccc(-n3ccnc3)cc2)cc1C(C)C. The Kier molecular flexibility index (Phi) is 6.69. The highest BCUT2D eigenvalue weighted by molar-refractivity contribution is 5.92. The van der Waals surface area contributed by atoms with Crippen molar-refractivity contribution in [3.05, 3.63) is 66.5 Å². The molecule has 188 valence electrons. The van der Waals surface area contributed by atoms with Crippen molar-refractivity contribution in [3.63, 3.8) is 0 Å². The number of methoxy groups -OCH3 is 1. The standard InChI is InChI=1S/C24H23F3N6O3/c1-14(2)17-10-18(19(34)11-20(17)36-3)21-30-31-22(23(35)29-12-24(25,26)27)33(21)16-6-4-15(5-7-16)32-9-8-28-13-32/h4-11,13-14,34H,12H2,1-3H3,(H,29,35). The summed E-state index contributed by atoms with van der Waals surface area (Å²) >= 11 is 0. The molecule has 12 heteroatoms. The highest BCUT2D eigenvalue weighted by atomic mass is 19.4. The largest absolute Gasteiger partial charge is 0.507 e. The lowest BCUT2D eigenvalue weighted by atomic mass is 9.98. The summed E-state index contributed by atoms with van der Waals surface area (Å²) < 4.78 is 46.6. The molecule has 2 N–H and O–H groups in total. The van der Waals surface area contributed by atoms with Crippen LogP contribution >= 0.6 is 0 Å². The number of nitrogens with one attached hydrogen (secondary N) is 1. The zero-order valence-corrected chi connectivity index (χ0v) is 19.6. The van der Waals surface area contributed by atoms with Crippen LogP contribution in [0.1, 0.15) is 35.9 Å². The average molecular weight is 500 g/mol. The summed E-state index contributed by atoms with van der Waals surface area (Å²) in [6.07, 6.45) is 0.375. The number of carbonyl (C=O) groups excluding carboxylic acids is 1. The van der Waals surface area contributed by atoms with Crippen molar-refractivity contribution in [2.24, 2.45) is 0 Å². The van der Waals surface area contributed by atoms with Crippen molar-refractivity contribution in [2.45, 2.75) is 25.9 Å². The van der Waals surface area contributed by atoms with E-state index in [4.69, 9.17) is 4.74 Å². The first kappa shape index (κ1) is 24.8. The Morgan fingerprint density at radius 1 is 1.14 bits per heavy atom. The van der Waals surface area contributed by atoms with Crippen LogP contribution < -0.4 is 10.1 Å². The normalized spacial score (nSPS) is 11.6. The number of aromatic hydroxyl groups is 1. The van der Waals surface area contributed by atoms with E-state index in [1.807, 2.05) is 19.2 Å². The van der Waals surface area contributed by atoms with Gasteiger partial charge in [0, 0.05) is 29.8 Å². The Balaban J connectivity index is 1.86. The minimum absolute atomic E-state index is 0.0136. The fraction of sp³-hybridized carbons (Fsp3) is 0.250. The van der Waals surface area contributed by atoms with E-state index in [0.29, 0.717) is 11.4 Å². The topological polar surface area (TPSA) is 107 Å². The smallest absolute Gasteiger partial charge is 0.405 e. The van der Waals surface area contributed by atoms with Gasteiger partial charge in [-0.1, -0.05) is 13.8 Å². The van der Waals surface area contributed by atoms with Gasteiger partial charge in [-0.3, -0.25) is 9.36 Å². The van der Waals surface area contributed by atoms with Gasteiger partial charge in [-0.05, 0) is 41.8 Å². The number of rotatable bonds is 7. The first-order valence-corrected chi connectivity index (χ1v) is 10.9. The predicted octanol–water partition coefficient (Wildman–Crippen LogP) is 4.25. The Bertz CT molecular complexity index is 1360. The maximum absolute atomic E-state index is 12.7. The van der Waals surface area contributed by atoms with Crippen molar-refractivity contribution < 1.29 is 27.8 Å². The summed E-state index contributed by atoms with van der Waals surface area (Å²) in [5, 5.41) is 20.5. The molecule has 4 rings (SSSR count). The predicted molar refractivity (Wildman–Crippen MR) is 125 cm³/mol. The molecule has 0 saturated carbocycles. The first-order valence-electron chi connectivity index (χ1n) is 10.9. The Morgan fingerprint density at radius 3 is 2.42 bits per heavy atom. The molecule has 0 aliphatic carbocycles. The molecule has 2 aromatic carbocycles. The van der Waals surface area contributed by atoms with Gasteiger partial charge in [0.05, 0.1) is 19.0 Å². The molecule has 0 atom stereocenters. The number of imidazole rings is 1. The van der Waals surface area contributed by atoms with Crippen molar-refractivity contribution in [3.8, 4) is 34.3 Å². The number of amides is 1. The van der Waals surface area contributed by atoms with Gasteiger partial charge in [-0.25, -0.2) is 4.98 Å². The van der Waals surface area contributed by atoms with Gasteiger partial charge in [0.1, 0.15) is 18.0 Å². The maximum atomic E-state index is 12.7. The molecule has 0 unspecified atom stereocenters. The number of aromatic nitrogens is 5. The molecule has 0 spiro atoms. The molecule has 0 fully saturated rings. The summed E-state index contributed by atoms with van der Waals surface area (Å²) in [5.41, 5.74) is 2.17. The number of hydrogen-bond donors (Lipinski definition) is 2. The molecule has 36 heavy (non-hydrogen) atoms. The Labute approximate surface area is 204 Å². The van der Waals surface area contributed by atoms with E-state index in [2.05, 4.69) is 15.2 Å². The highest BCUT2D eigenvalue weighted by Gasteiger charge is 2.30. The molecule has 0 radical (unpaired) electrons. The minimum atomic E-state index is -4.60. The lowest BCUT2D eigenvalue weighted by Crippen LogP contribution is -2.35. The zero-order valence-electron chi connectivity index (χ0n) is 19.6. The number of hydrogen-bond acceptors (Lipinski definition) is 6. The van der Waals surface area contributed by atoms with Crippen LogP contribution in [0.3, 0.4) is 0 Å². The van der Waals surface area contributed by atoms with Gasteiger partial charge in [-0.15, -0.1) is 10.2 Å². The number of nitrogens with zero attached hydrogens (tertiary/aromatic N) is 5. The second-order valence-electron chi connectivity index (χ2n) is 8.23. The van der Waals surface area contributed by atoms with Crippen molar-refractivity contribution in [1.82, 2.24) is 29.6 Å². The highest BCUT2D eigenvalue weighted by Crippen LogP contribution is 2.38. The van der Waals surface area contributed by atoms with Crippen LogP contribution in [-0.2, 0) is 0 Å². The zero-order chi connectivity index (χ0) is 26.0. The molecule has 0 saturated heterocycles. The quantitative estimate of drug-likeness (QED) is 0.393. The van der Waals surface area contributed by atoms with Crippen LogP contribution in [0.2, 0.25) is 0 Å².